The molecule has 0 saturated heterocycles. The van der Waals surface area contributed by atoms with Gasteiger partial charge >= 0.3 is 19.5 Å². The standard InChI is InChI=1S/C2H5O.Ru/c1-2-3;/h3H,1-2H2;/q-1;+1. The molecular weight excluding hydrogens is 141 g/mol. The van der Waals surface area contributed by atoms with Gasteiger partial charge in [-0.25, -0.2) is 0 Å². The van der Waals surface area contributed by atoms with Crippen LogP contribution in [0, 0.1) is 6.92 Å². The van der Waals surface area contributed by atoms with Gasteiger partial charge in [0.2, 0.25) is 0 Å². The molecule has 0 amide bonds. The van der Waals surface area contributed by atoms with Gasteiger partial charge in [-0.3, -0.25) is 0 Å². The Hall–Kier alpha value is 0.583. The van der Waals surface area contributed by atoms with Crippen molar-refractivity contribution in [1.29, 1.82) is 0 Å². The summed E-state index contributed by atoms with van der Waals surface area (Å²) in [6, 6.07) is 0. The molecular formula is C2H5ORu. The molecule has 2 heteroatoms. The van der Waals surface area contributed by atoms with E-state index in [1.165, 1.54) is 0 Å². The molecule has 0 aliphatic carbocycles. The molecule has 1 N–H and O–H groups in total. The van der Waals surface area contributed by atoms with Crippen molar-refractivity contribution in [1.82, 2.24) is 0 Å². The number of rotatable bonds is 0. The fraction of sp³-hybridized carbons (Fsp3) is 0.500. The number of aliphatic hydroxyl groups is 1. The molecule has 0 rings (SSSR count). The monoisotopic (exact) mass is 147 g/mol. The van der Waals surface area contributed by atoms with Gasteiger partial charge in [0.25, 0.3) is 0 Å². The van der Waals surface area contributed by atoms with Gasteiger partial charge in [-0.05, 0) is 0 Å². The summed E-state index contributed by atoms with van der Waals surface area (Å²) in [4.78, 5) is 0. The quantitative estimate of drug-likeness (QED) is 0.371. The maximum atomic E-state index is 7.46. The Labute approximate surface area is 38.8 Å². The third-order valence-corrected chi connectivity index (χ3v) is 0. The van der Waals surface area contributed by atoms with E-state index < -0.39 is 0 Å². The maximum Gasteiger partial charge on any atom is 1.00 e. The van der Waals surface area contributed by atoms with E-state index in [1.807, 2.05) is 0 Å². The van der Waals surface area contributed by atoms with Crippen molar-refractivity contribution in [2.45, 2.75) is 0 Å². The summed E-state index contributed by atoms with van der Waals surface area (Å²) < 4.78 is 0. The minimum absolute atomic E-state index is 0. The molecule has 0 fully saturated rings. The summed E-state index contributed by atoms with van der Waals surface area (Å²) in [6.45, 7) is 3.04. The third kappa shape index (κ3) is 19.0. The predicted molar refractivity (Wildman–Crippen MR) is 12.4 cm³/mol. The first-order valence-electron chi connectivity index (χ1n) is 0.816. The Morgan fingerprint density at radius 1 is 1.75 bits per heavy atom. The SMILES string of the molecule is [CH2-]CO.[Ru+]. The van der Waals surface area contributed by atoms with Crippen molar-refractivity contribution in [3.8, 4) is 0 Å². The van der Waals surface area contributed by atoms with Gasteiger partial charge < -0.3 is 12.0 Å². The zero-order valence-electron chi connectivity index (χ0n) is 2.21. The van der Waals surface area contributed by atoms with E-state index >= 15 is 0 Å². The van der Waals surface area contributed by atoms with E-state index in [0.29, 0.717) is 0 Å². The van der Waals surface area contributed by atoms with Gasteiger partial charge in [0, 0.05) is 0 Å². The molecule has 0 aromatic carbocycles. The molecule has 0 bridgehead atoms. The van der Waals surface area contributed by atoms with E-state index in [9.17, 15) is 0 Å². The van der Waals surface area contributed by atoms with E-state index in [0.717, 1.165) is 0 Å². The molecule has 0 aromatic rings. The van der Waals surface area contributed by atoms with Crippen LogP contribution in [0.3, 0.4) is 0 Å². The topological polar surface area (TPSA) is 20.2 Å². The Morgan fingerprint density at radius 3 is 1.75 bits per heavy atom. The molecule has 0 aromatic heterocycles. The van der Waals surface area contributed by atoms with Crippen molar-refractivity contribution in [3.63, 3.8) is 0 Å². The predicted octanol–water partition coefficient (Wildman–Crippen LogP) is -0.190. The van der Waals surface area contributed by atoms with Crippen LogP contribution in [-0.4, -0.2) is 11.7 Å². The van der Waals surface area contributed by atoms with Crippen LogP contribution in [0.5, 0.6) is 0 Å². The van der Waals surface area contributed by atoms with Crippen LogP contribution < -0.4 is 0 Å². The normalized spacial score (nSPS) is 4.50. The van der Waals surface area contributed by atoms with Crippen LogP contribution in [0.2, 0.25) is 0 Å². The van der Waals surface area contributed by atoms with Gasteiger partial charge in [-0.2, -0.15) is 0 Å². The van der Waals surface area contributed by atoms with Crippen LogP contribution in [-0.2, 0) is 19.5 Å². The van der Waals surface area contributed by atoms with Gasteiger partial charge in [-0.15, -0.1) is 0 Å². The molecule has 0 saturated carbocycles. The van der Waals surface area contributed by atoms with E-state index in [4.69, 9.17) is 5.11 Å². The van der Waals surface area contributed by atoms with Crippen molar-refractivity contribution >= 4 is 0 Å². The summed E-state index contributed by atoms with van der Waals surface area (Å²) in [6.07, 6.45) is 0. The van der Waals surface area contributed by atoms with E-state index in [-0.39, 0.29) is 26.1 Å². The van der Waals surface area contributed by atoms with Crippen molar-refractivity contribution in [2.75, 3.05) is 6.61 Å². The zero-order chi connectivity index (χ0) is 2.71. The summed E-state index contributed by atoms with van der Waals surface area (Å²) in [5.74, 6) is 0. The van der Waals surface area contributed by atoms with Gasteiger partial charge in [0.1, 0.15) is 0 Å². The molecule has 0 spiro atoms. The van der Waals surface area contributed by atoms with Crippen LogP contribution in [0.15, 0.2) is 0 Å². The number of aliphatic hydroxyl groups excluding tert-OH is 1. The molecule has 1 nitrogen and oxygen atoms in total. The smallest absolute Gasteiger partial charge is 0.428 e. The molecule has 0 atom stereocenters. The number of hydrogen-bond donors (Lipinski definition) is 1. The second-order valence-corrected chi connectivity index (χ2v) is 0.224. The minimum atomic E-state index is 0. The molecule has 1 radical (unpaired) electrons. The fourth-order valence-corrected chi connectivity index (χ4v) is 0. The molecule has 0 heterocycles. The molecule has 0 aliphatic rings. The summed E-state index contributed by atoms with van der Waals surface area (Å²) >= 11 is 0. The second-order valence-electron chi connectivity index (χ2n) is 0.224. The van der Waals surface area contributed by atoms with Crippen LogP contribution in [0.4, 0.5) is 0 Å². The Balaban J connectivity index is 0. The van der Waals surface area contributed by atoms with E-state index in [1.54, 1.807) is 0 Å². The van der Waals surface area contributed by atoms with Crippen LogP contribution in [0.1, 0.15) is 0 Å². The fourth-order valence-electron chi connectivity index (χ4n) is 0. The van der Waals surface area contributed by atoms with Gasteiger partial charge in [-0.1, -0.05) is 6.61 Å². The van der Waals surface area contributed by atoms with Crippen molar-refractivity contribution < 1.29 is 24.6 Å². The first-order chi connectivity index (χ1) is 1.41. The first kappa shape index (κ1) is 8.82. The Kier molecular flexibility index (Phi) is 21.0. The second kappa shape index (κ2) is 9.54. The van der Waals surface area contributed by atoms with Gasteiger partial charge in [0.05, 0.1) is 0 Å². The van der Waals surface area contributed by atoms with Gasteiger partial charge in [0.15, 0.2) is 0 Å². The van der Waals surface area contributed by atoms with Crippen molar-refractivity contribution in [3.05, 3.63) is 6.92 Å². The zero-order valence-corrected chi connectivity index (χ0v) is 3.95. The first-order valence-corrected chi connectivity index (χ1v) is 0.816. The summed E-state index contributed by atoms with van der Waals surface area (Å²) in [5.41, 5.74) is 0. The molecule has 27 valence electrons. The minimum Gasteiger partial charge on any atom is -0.428 e. The third-order valence-electron chi connectivity index (χ3n) is 0. The Morgan fingerprint density at radius 2 is 1.75 bits per heavy atom. The maximum absolute atomic E-state index is 7.46. The summed E-state index contributed by atoms with van der Waals surface area (Å²) in [7, 11) is 0. The largest absolute Gasteiger partial charge is 1.00 e. The number of hydrogen-bond acceptors (Lipinski definition) is 1. The van der Waals surface area contributed by atoms with E-state index in [2.05, 4.69) is 6.92 Å². The van der Waals surface area contributed by atoms with Crippen LogP contribution >= 0.6 is 0 Å². The summed E-state index contributed by atoms with van der Waals surface area (Å²) in [5, 5.41) is 7.46. The Bertz CT molecular complexity index is 6.00. The molecule has 0 aliphatic heterocycles. The van der Waals surface area contributed by atoms with Crippen molar-refractivity contribution in [2.24, 2.45) is 0 Å². The molecule has 0 unspecified atom stereocenters. The average Bonchev–Trinajstić information content (AvgIpc) is 0.918. The van der Waals surface area contributed by atoms with Crippen LogP contribution in [0.25, 0.3) is 0 Å². The molecule has 4 heavy (non-hydrogen) atoms. The average molecular weight is 146 g/mol.